The average Bonchev–Trinajstić information content (AvgIpc) is 3.63. The predicted molar refractivity (Wildman–Crippen MR) is 221 cm³/mol. The van der Waals surface area contributed by atoms with Gasteiger partial charge in [-0.2, -0.15) is 0 Å². The van der Waals surface area contributed by atoms with E-state index in [2.05, 4.69) is 157 Å². The Kier molecular flexibility index (Phi) is 7.73. The molecule has 0 aliphatic heterocycles. The normalized spacial score (nSPS) is 11.3. The molecule has 254 valence electrons. The van der Waals surface area contributed by atoms with Gasteiger partial charge in [-0.3, -0.25) is 0 Å². The first-order valence-electron chi connectivity index (χ1n) is 18.0. The van der Waals surface area contributed by atoms with Gasteiger partial charge in [-0.05, 0) is 70.4 Å². The summed E-state index contributed by atoms with van der Waals surface area (Å²) in [5.41, 5.74) is 9.65. The fraction of sp³-hybridized carbons (Fsp3) is 0. The largest absolute Gasteiger partial charge is 0.454 e. The first-order chi connectivity index (χ1) is 26.7. The van der Waals surface area contributed by atoms with Crippen molar-refractivity contribution in [3.8, 4) is 45.3 Å². The van der Waals surface area contributed by atoms with Gasteiger partial charge in [0.1, 0.15) is 5.58 Å². The van der Waals surface area contributed by atoms with Crippen molar-refractivity contribution in [3.05, 3.63) is 194 Å². The van der Waals surface area contributed by atoms with E-state index < -0.39 is 0 Å². The van der Waals surface area contributed by atoms with E-state index in [9.17, 15) is 0 Å². The van der Waals surface area contributed by atoms with E-state index in [0.717, 1.165) is 61.1 Å². The third-order valence-electron chi connectivity index (χ3n) is 9.90. The van der Waals surface area contributed by atoms with Gasteiger partial charge in [0, 0.05) is 38.8 Å². The standard InChI is InChI=1S/C49H32N4O/c1-4-13-33(14-5-1)35-25-28-41(29-26-35)53(40-19-8-3-9-20-40)44-22-12-21-43-42-30-27-39(32-45(42)54-46(43)44)49-51-47(36-16-6-2-7-17-36)50-48(52-49)38-24-23-34-15-10-11-18-37(34)31-38/h1-32H. The lowest BCUT2D eigenvalue weighted by Gasteiger charge is -2.25. The zero-order valence-corrected chi connectivity index (χ0v) is 29.2. The molecule has 0 saturated heterocycles. The van der Waals surface area contributed by atoms with Crippen molar-refractivity contribution in [3.63, 3.8) is 0 Å². The van der Waals surface area contributed by atoms with Crippen LogP contribution in [0, 0.1) is 0 Å². The third kappa shape index (κ3) is 5.74. The maximum absolute atomic E-state index is 6.83. The van der Waals surface area contributed by atoms with Crippen molar-refractivity contribution in [1.29, 1.82) is 0 Å². The molecule has 0 unspecified atom stereocenters. The molecule has 0 amide bonds. The van der Waals surface area contributed by atoms with Crippen molar-refractivity contribution in [1.82, 2.24) is 15.0 Å². The van der Waals surface area contributed by atoms with Crippen molar-refractivity contribution >= 4 is 49.8 Å². The van der Waals surface area contributed by atoms with Crippen LogP contribution in [0.3, 0.4) is 0 Å². The second kappa shape index (κ2) is 13.3. The number of fused-ring (bicyclic) bond motifs is 4. The van der Waals surface area contributed by atoms with Gasteiger partial charge in [-0.1, -0.05) is 146 Å². The number of hydrogen-bond donors (Lipinski definition) is 0. The number of rotatable bonds is 7. The van der Waals surface area contributed by atoms with E-state index in [0.29, 0.717) is 17.5 Å². The Morgan fingerprint density at radius 3 is 1.61 bits per heavy atom. The molecule has 5 nitrogen and oxygen atoms in total. The maximum Gasteiger partial charge on any atom is 0.164 e. The van der Waals surface area contributed by atoms with E-state index in [-0.39, 0.29) is 0 Å². The molecule has 0 atom stereocenters. The second-order valence-electron chi connectivity index (χ2n) is 13.3. The Hall–Kier alpha value is -7.37. The molecular formula is C49H32N4O. The first kappa shape index (κ1) is 31.4. The summed E-state index contributed by atoms with van der Waals surface area (Å²) in [6.45, 7) is 0. The SMILES string of the molecule is c1ccc(-c2ccc(N(c3ccccc3)c3cccc4c3oc3cc(-c5nc(-c6ccccc6)nc(-c6ccc7ccccc7c6)n5)ccc34)cc2)cc1. The molecule has 0 N–H and O–H groups in total. The quantitative estimate of drug-likeness (QED) is 0.166. The van der Waals surface area contributed by atoms with Crippen LogP contribution in [0.25, 0.3) is 78.0 Å². The van der Waals surface area contributed by atoms with Gasteiger partial charge in [-0.25, -0.2) is 15.0 Å². The first-order valence-corrected chi connectivity index (χ1v) is 18.0. The molecule has 2 heterocycles. The number of anilines is 3. The minimum Gasteiger partial charge on any atom is -0.454 e. The van der Waals surface area contributed by atoms with Gasteiger partial charge in [0.25, 0.3) is 0 Å². The molecule has 54 heavy (non-hydrogen) atoms. The van der Waals surface area contributed by atoms with E-state index in [4.69, 9.17) is 19.4 Å². The van der Waals surface area contributed by atoms with Crippen LogP contribution in [0.2, 0.25) is 0 Å². The minimum atomic E-state index is 0.582. The molecule has 5 heteroatoms. The zero-order valence-electron chi connectivity index (χ0n) is 29.2. The summed E-state index contributed by atoms with van der Waals surface area (Å²) in [6.07, 6.45) is 0. The molecule has 0 radical (unpaired) electrons. The molecule has 0 aliphatic rings. The highest BCUT2D eigenvalue weighted by Crippen LogP contribution is 2.43. The molecule has 8 aromatic carbocycles. The molecule has 2 aromatic heterocycles. The maximum atomic E-state index is 6.83. The summed E-state index contributed by atoms with van der Waals surface area (Å²) in [5, 5.41) is 4.36. The molecule has 0 aliphatic carbocycles. The van der Waals surface area contributed by atoms with Crippen molar-refractivity contribution < 1.29 is 4.42 Å². The fourth-order valence-electron chi connectivity index (χ4n) is 7.22. The smallest absolute Gasteiger partial charge is 0.164 e. The Morgan fingerprint density at radius 2 is 0.889 bits per heavy atom. The number of aromatic nitrogens is 3. The van der Waals surface area contributed by atoms with Gasteiger partial charge < -0.3 is 9.32 Å². The van der Waals surface area contributed by atoms with Crippen LogP contribution in [0.15, 0.2) is 199 Å². The lowest BCUT2D eigenvalue weighted by atomic mass is 10.0. The summed E-state index contributed by atoms with van der Waals surface area (Å²) >= 11 is 0. The highest BCUT2D eigenvalue weighted by Gasteiger charge is 2.20. The van der Waals surface area contributed by atoms with Crippen molar-refractivity contribution in [2.24, 2.45) is 0 Å². The molecule has 0 spiro atoms. The zero-order chi connectivity index (χ0) is 35.8. The summed E-state index contributed by atoms with van der Waals surface area (Å²) in [4.78, 5) is 17.3. The highest BCUT2D eigenvalue weighted by atomic mass is 16.3. The lowest BCUT2D eigenvalue weighted by Crippen LogP contribution is -2.10. The van der Waals surface area contributed by atoms with Gasteiger partial charge in [-0.15, -0.1) is 0 Å². The molecule has 10 rings (SSSR count). The lowest BCUT2D eigenvalue weighted by molar-refractivity contribution is 0.669. The van der Waals surface area contributed by atoms with Gasteiger partial charge in [0.05, 0.1) is 5.69 Å². The number of benzene rings is 8. The fourth-order valence-corrected chi connectivity index (χ4v) is 7.22. The van der Waals surface area contributed by atoms with Crippen LogP contribution in [-0.2, 0) is 0 Å². The highest BCUT2D eigenvalue weighted by molar-refractivity contribution is 6.11. The summed E-state index contributed by atoms with van der Waals surface area (Å²) in [5.74, 6) is 1.82. The molecule has 0 bridgehead atoms. The second-order valence-corrected chi connectivity index (χ2v) is 13.3. The number of para-hydroxylation sites is 2. The topological polar surface area (TPSA) is 55.1 Å². The van der Waals surface area contributed by atoms with Crippen LogP contribution in [-0.4, -0.2) is 15.0 Å². The van der Waals surface area contributed by atoms with E-state index in [1.54, 1.807) is 0 Å². The van der Waals surface area contributed by atoms with Crippen LogP contribution < -0.4 is 4.90 Å². The summed E-state index contributed by atoms with van der Waals surface area (Å²) < 4.78 is 6.83. The van der Waals surface area contributed by atoms with Gasteiger partial charge >= 0.3 is 0 Å². The number of furan rings is 1. The summed E-state index contributed by atoms with van der Waals surface area (Å²) in [7, 11) is 0. The third-order valence-corrected chi connectivity index (χ3v) is 9.90. The number of hydrogen-bond acceptors (Lipinski definition) is 5. The van der Waals surface area contributed by atoms with Crippen LogP contribution in [0.1, 0.15) is 0 Å². The van der Waals surface area contributed by atoms with Gasteiger partial charge in [0.2, 0.25) is 0 Å². The average molecular weight is 693 g/mol. The van der Waals surface area contributed by atoms with Crippen LogP contribution >= 0.6 is 0 Å². The van der Waals surface area contributed by atoms with Crippen LogP contribution in [0.4, 0.5) is 17.1 Å². The minimum absolute atomic E-state index is 0.582. The molecule has 0 fully saturated rings. The molecular weight excluding hydrogens is 661 g/mol. The van der Waals surface area contributed by atoms with Crippen molar-refractivity contribution in [2.75, 3.05) is 4.90 Å². The van der Waals surface area contributed by atoms with Gasteiger partial charge in [0.15, 0.2) is 23.1 Å². The van der Waals surface area contributed by atoms with Crippen LogP contribution in [0.5, 0.6) is 0 Å². The Labute approximate surface area is 312 Å². The Bertz CT molecular complexity index is 2920. The Morgan fingerprint density at radius 1 is 0.352 bits per heavy atom. The van der Waals surface area contributed by atoms with E-state index >= 15 is 0 Å². The Balaban J connectivity index is 1.10. The van der Waals surface area contributed by atoms with E-state index in [1.165, 1.54) is 16.5 Å². The number of nitrogens with zero attached hydrogens (tertiary/aromatic N) is 4. The van der Waals surface area contributed by atoms with E-state index in [1.807, 2.05) is 42.5 Å². The summed E-state index contributed by atoms with van der Waals surface area (Å²) in [6, 6.07) is 66.9. The molecule has 0 saturated carbocycles. The van der Waals surface area contributed by atoms with Crippen molar-refractivity contribution in [2.45, 2.75) is 0 Å². The monoisotopic (exact) mass is 692 g/mol. The molecule has 10 aromatic rings. The predicted octanol–water partition coefficient (Wildman–Crippen LogP) is 13.1.